The number of aromatic nitrogens is 1. The van der Waals surface area contributed by atoms with E-state index in [4.69, 9.17) is 4.74 Å². The lowest BCUT2D eigenvalue weighted by molar-refractivity contribution is -0.105. The first kappa shape index (κ1) is 13.1. The summed E-state index contributed by atoms with van der Waals surface area (Å²) in [5.41, 5.74) is 2.71. The molecule has 92 valence electrons. The number of rotatable bonds is 3. The first-order valence-corrected chi connectivity index (χ1v) is 5.62. The van der Waals surface area contributed by atoms with E-state index in [1.807, 2.05) is 39.1 Å². The number of hydrogen-bond acceptors (Lipinski definition) is 2. The molecule has 17 heavy (non-hydrogen) atoms. The molecule has 1 heterocycles. The summed E-state index contributed by atoms with van der Waals surface area (Å²) in [7, 11) is 1.58. The third-order valence-electron chi connectivity index (χ3n) is 2.45. The van der Waals surface area contributed by atoms with Crippen LogP contribution in [0.5, 0.6) is 5.75 Å². The number of H-pyrrole nitrogens is 1. The van der Waals surface area contributed by atoms with E-state index in [0.29, 0.717) is 17.8 Å². The number of ether oxygens (including phenoxy) is 1. The van der Waals surface area contributed by atoms with E-state index in [-0.39, 0.29) is 0 Å². The van der Waals surface area contributed by atoms with Crippen molar-refractivity contribution in [2.75, 3.05) is 12.4 Å². The van der Waals surface area contributed by atoms with Gasteiger partial charge in [-0.2, -0.15) is 0 Å². The summed E-state index contributed by atoms with van der Waals surface area (Å²) in [4.78, 5) is 13.6. The lowest BCUT2D eigenvalue weighted by Gasteiger charge is -2.08. The van der Waals surface area contributed by atoms with Crippen LogP contribution in [0.3, 0.4) is 0 Å². The summed E-state index contributed by atoms with van der Waals surface area (Å²) in [5, 5.41) is 3.73. The minimum atomic E-state index is 0.646. The van der Waals surface area contributed by atoms with E-state index in [1.165, 1.54) is 0 Å². The average molecular weight is 234 g/mol. The van der Waals surface area contributed by atoms with Crippen molar-refractivity contribution in [2.24, 2.45) is 0 Å². The highest BCUT2D eigenvalue weighted by atomic mass is 16.5. The number of aromatic amines is 1. The van der Waals surface area contributed by atoms with Crippen LogP contribution in [0.2, 0.25) is 0 Å². The molecule has 0 saturated carbocycles. The molecule has 2 aromatic rings. The van der Waals surface area contributed by atoms with Gasteiger partial charge in [0, 0.05) is 11.6 Å². The summed E-state index contributed by atoms with van der Waals surface area (Å²) in [6, 6.07) is 3.81. The van der Waals surface area contributed by atoms with Crippen molar-refractivity contribution < 1.29 is 9.53 Å². The van der Waals surface area contributed by atoms with Crippen LogP contribution >= 0.6 is 0 Å². The lowest BCUT2D eigenvalue weighted by atomic mass is 10.1. The van der Waals surface area contributed by atoms with Gasteiger partial charge >= 0.3 is 0 Å². The molecule has 0 radical (unpaired) electrons. The van der Waals surface area contributed by atoms with Gasteiger partial charge in [0.25, 0.3) is 0 Å². The van der Waals surface area contributed by atoms with Gasteiger partial charge in [0.1, 0.15) is 11.4 Å². The van der Waals surface area contributed by atoms with Crippen molar-refractivity contribution in [2.45, 2.75) is 20.8 Å². The molecule has 0 fully saturated rings. The normalized spacial score (nSPS) is 9.41. The summed E-state index contributed by atoms with van der Waals surface area (Å²) in [6.45, 7) is 6.01. The first-order chi connectivity index (χ1) is 8.27. The predicted octanol–water partition coefficient (Wildman–Crippen LogP) is 3.08. The SMILES string of the molecule is CC.COc1ccc2c(C)c[nH]c2c1NC=O. The Morgan fingerprint density at radius 1 is 1.35 bits per heavy atom. The highest BCUT2D eigenvalue weighted by Gasteiger charge is 2.09. The van der Waals surface area contributed by atoms with Crippen molar-refractivity contribution in [1.82, 2.24) is 4.98 Å². The Morgan fingerprint density at radius 3 is 2.65 bits per heavy atom. The maximum atomic E-state index is 10.5. The smallest absolute Gasteiger partial charge is 0.211 e. The largest absolute Gasteiger partial charge is 0.494 e. The van der Waals surface area contributed by atoms with Crippen molar-refractivity contribution in [3.05, 3.63) is 23.9 Å². The molecule has 0 spiro atoms. The Balaban J connectivity index is 0.000000686. The van der Waals surface area contributed by atoms with Gasteiger partial charge in [0.05, 0.1) is 12.6 Å². The molecule has 1 aromatic carbocycles. The highest BCUT2D eigenvalue weighted by molar-refractivity contribution is 5.99. The summed E-state index contributed by atoms with van der Waals surface area (Å²) in [6.07, 6.45) is 2.55. The second-order valence-electron chi connectivity index (χ2n) is 3.30. The minimum Gasteiger partial charge on any atom is -0.494 e. The summed E-state index contributed by atoms with van der Waals surface area (Å²) < 4.78 is 5.17. The van der Waals surface area contributed by atoms with Gasteiger partial charge in [-0.1, -0.05) is 13.8 Å². The number of anilines is 1. The molecule has 2 N–H and O–H groups in total. The van der Waals surface area contributed by atoms with Crippen molar-refractivity contribution in [3.63, 3.8) is 0 Å². The second-order valence-corrected chi connectivity index (χ2v) is 3.30. The number of methoxy groups -OCH3 is 1. The molecule has 0 unspecified atom stereocenters. The van der Waals surface area contributed by atoms with Crippen LogP contribution in [0.15, 0.2) is 18.3 Å². The van der Waals surface area contributed by atoms with Crippen molar-refractivity contribution >= 4 is 23.0 Å². The van der Waals surface area contributed by atoms with E-state index in [2.05, 4.69) is 10.3 Å². The molecule has 4 heteroatoms. The minimum absolute atomic E-state index is 0.646. The van der Waals surface area contributed by atoms with Crippen molar-refractivity contribution in [3.8, 4) is 5.75 Å². The van der Waals surface area contributed by atoms with Crippen LogP contribution in [0.25, 0.3) is 10.9 Å². The Morgan fingerprint density at radius 2 is 2.06 bits per heavy atom. The van der Waals surface area contributed by atoms with Gasteiger partial charge in [0.2, 0.25) is 6.41 Å². The van der Waals surface area contributed by atoms with E-state index >= 15 is 0 Å². The molecule has 0 saturated heterocycles. The predicted molar refractivity (Wildman–Crippen MR) is 70.6 cm³/mol. The van der Waals surface area contributed by atoms with Crippen LogP contribution < -0.4 is 10.1 Å². The Labute approximate surface area is 101 Å². The number of fused-ring (bicyclic) bond motifs is 1. The zero-order valence-electron chi connectivity index (χ0n) is 10.6. The molecule has 0 aliphatic rings. The molecule has 0 aliphatic heterocycles. The van der Waals surface area contributed by atoms with Gasteiger partial charge in [-0.25, -0.2) is 0 Å². The van der Waals surface area contributed by atoms with Gasteiger partial charge in [-0.3, -0.25) is 4.79 Å². The van der Waals surface area contributed by atoms with Crippen LogP contribution in [-0.4, -0.2) is 18.5 Å². The molecule has 0 atom stereocenters. The fraction of sp³-hybridized carbons (Fsp3) is 0.308. The van der Waals surface area contributed by atoms with E-state index in [0.717, 1.165) is 16.5 Å². The number of nitrogens with one attached hydrogen (secondary N) is 2. The quantitative estimate of drug-likeness (QED) is 0.802. The molecule has 1 aromatic heterocycles. The zero-order chi connectivity index (χ0) is 12.8. The molecular weight excluding hydrogens is 216 g/mol. The molecule has 4 nitrogen and oxygen atoms in total. The Hall–Kier alpha value is -1.97. The molecule has 0 bridgehead atoms. The zero-order valence-corrected chi connectivity index (χ0v) is 10.6. The number of carbonyl (C=O) groups is 1. The van der Waals surface area contributed by atoms with E-state index in [1.54, 1.807) is 7.11 Å². The molecule has 0 aliphatic carbocycles. The van der Waals surface area contributed by atoms with Gasteiger partial charge < -0.3 is 15.0 Å². The van der Waals surface area contributed by atoms with Crippen LogP contribution in [0.4, 0.5) is 5.69 Å². The monoisotopic (exact) mass is 234 g/mol. The van der Waals surface area contributed by atoms with Gasteiger partial charge in [-0.05, 0) is 24.6 Å². The topological polar surface area (TPSA) is 54.1 Å². The number of benzene rings is 1. The maximum Gasteiger partial charge on any atom is 0.211 e. The van der Waals surface area contributed by atoms with Crippen LogP contribution in [-0.2, 0) is 4.79 Å². The van der Waals surface area contributed by atoms with Crippen LogP contribution in [0, 0.1) is 6.92 Å². The first-order valence-electron chi connectivity index (χ1n) is 5.62. The summed E-state index contributed by atoms with van der Waals surface area (Å²) in [5.74, 6) is 0.649. The van der Waals surface area contributed by atoms with Gasteiger partial charge in [-0.15, -0.1) is 0 Å². The Bertz CT molecular complexity index is 503. The highest BCUT2D eigenvalue weighted by Crippen LogP contribution is 2.33. The number of aryl methyl sites for hydroxylation is 1. The third kappa shape index (κ3) is 2.41. The number of carbonyl (C=O) groups excluding carboxylic acids is 1. The third-order valence-corrected chi connectivity index (χ3v) is 2.45. The Kier molecular flexibility index (Phi) is 4.57. The van der Waals surface area contributed by atoms with Crippen LogP contribution in [0.1, 0.15) is 19.4 Å². The maximum absolute atomic E-state index is 10.5. The number of amides is 1. The fourth-order valence-electron chi connectivity index (χ4n) is 1.69. The fourth-order valence-corrected chi connectivity index (χ4v) is 1.69. The lowest BCUT2D eigenvalue weighted by Crippen LogP contribution is -1.98. The molecular formula is C13H18N2O2. The second kappa shape index (κ2) is 5.94. The van der Waals surface area contributed by atoms with Crippen molar-refractivity contribution in [1.29, 1.82) is 0 Å². The average Bonchev–Trinajstić information content (AvgIpc) is 2.75. The van der Waals surface area contributed by atoms with Gasteiger partial charge in [0.15, 0.2) is 0 Å². The molecule has 2 rings (SSSR count). The standard InChI is InChI=1S/C11H12N2O2.C2H6/c1-7-5-12-10-8(7)3-4-9(15-2)11(10)13-6-14;1-2/h3-6,12H,1-2H3,(H,13,14);1-2H3. The van der Waals surface area contributed by atoms with E-state index < -0.39 is 0 Å². The summed E-state index contributed by atoms with van der Waals surface area (Å²) >= 11 is 0. The number of hydrogen-bond donors (Lipinski definition) is 2. The van der Waals surface area contributed by atoms with E-state index in [9.17, 15) is 4.79 Å². The molecule has 1 amide bonds.